The second-order valence-corrected chi connectivity index (χ2v) is 4.90. The Morgan fingerprint density at radius 2 is 2.11 bits per heavy atom. The molecule has 1 atom stereocenters. The maximum Gasteiger partial charge on any atom is 0.134 e. The van der Waals surface area contributed by atoms with Crippen molar-refractivity contribution in [2.75, 3.05) is 42.9 Å². The number of anilines is 2. The first-order chi connectivity index (χ1) is 9.28. The van der Waals surface area contributed by atoms with Gasteiger partial charge in [0.1, 0.15) is 18.0 Å². The Balaban J connectivity index is 2.02. The van der Waals surface area contributed by atoms with Crippen LogP contribution in [-0.4, -0.2) is 53.6 Å². The van der Waals surface area contributed by atoms with Crippen LogP contribution >= 0.6 is 0 Å². The van der Waals surface area contributed by atoms with E-state index in [0.717, 1.165) is 44.4 Å². The first-order valence-corrected chi connectivity index (χ1v) is 7.33. The molecule has 0 aliphatic carbocycles. The minimum atomic E-state index is 0.660. The van der Waals surface area contributed by atoms with Crippen LogP contribution in [0.15, 0.2) is 12.4 Å². The molecule has 5 nitrogen and oxygen atoms in total. The molecular weight excluding hydrogens is 238 g/mol. The number of hydrogen-bond donors (Lipinski definition) is 1. The van der Waals surface area contributed by atoms with Gasteiger partial charge in [-0.15, -0.1) is 0 Å². The summed E-state index contributed by atoms with van der Waals surface area (Å²) in [6, 6.07) is 2.71. The van der Waals surface area contributed by atoms with E-state index >= 15 is 0 Å². The third-order valence-electron chi connectivity index (χ3n) is 3.83. The molecule has 19 heavy (non-hydrogen) atoms. The van der Waals surface area contributed by atoms with Crippen molar-refractivity contribution in [2.45, 2.75) is 33.2 Å². The molecule has 1 N–H and O–H groups in total. The van der Waals surface area contributed by atoms with E-state index < -0.39 is 0 Å². The molecule has 0 spiro atoms. The average molecular weight is 263 g/mol. The topological polar surface area (TPSA) is 44.3 Å². The van der Waals surface area contributed by atoms with Crippen molar-refractivity contribution in [3.63, 3.8) is 0 Å². The Morgan fingerprint density at radius 1 is 1.32 bits per heavy atom. The van der Waals surface area contributed by atoms with Crippen LogP contribution < -0.4 is 10.2 Å². The molecular formula is C14H25N5. The fourth-order valence-electron chi connectivity index (χ4n) is 2.79. The second-order valence-electron chi connectivity index (χ2n) is 4.90. The van der Waals surface area contributed by atoms with Crippen LogP contribution in [0.25, 0.3) is 0 Å². The molecule has 2 rings (SSSR count). The molecule has 1 fully saturated rings. The molecule has 1 unspecified atom stereocenters. The Bertz CT molecular complexity index is 391. The molecule has 2 heterocycles. The predicted molar refractivity (Wildman–Crippen MR) is 79.7 cm³/mol. The van der Waals surface area contributed by atoms with Crippen LogP contribution in [0.5, 0.6) is 0 Å². The Morgan fingerprint density at radius 3 is 2.79 bits per heavy atom. The van der Waals surface area contributed by atoms with Crippen molar-refractivity contribution in [1.82, 2.24) is 14.9 Å². The zero-order valence-electron chi connectivity index (χ0n) is 12.3. The summed E-state index contributed by atoms with van der Waals surface area (Å²) in [5.74, 6) is 1.96. The van der Waals surface area contributed by atoms with Gasteiger partial charge < -0.3 is 10.2 Å². The van der Waals surface area contributed by atoms with Crippen LogP contribution in [0.4, 0.5) is 11.6 Å². The lowest BCUT2D eigenvalue weighted by molar-refractivity contribution is 0.232. The van der Waals surface area contributed by atoms with Crippen molar-refractivity contribution in [2.24, 2.45) is 0 Å². The van der Waals surface area contributed by atoms with Gasteiger partial charge in [-0.3, -0.25) is 4.90 Å². The molecule has 106 valence electrons. The van der Waals surface area contributed by atoms with Crippen molar-refractivity contribution in [3.05, 3.63) is 12.4 Å². The van der Waals surface area contributed by atoms with E-state index in [9.17, 15) is 0 Å². The van der Waals surface area contributed by atoms with Crippen LogP contribution in [-0.2, 0) is 0 Å². The van der Waals surface area contributed by atoms with E-state index in [1.165, 1.54) is 6.42 Å². The van der Waals surface area contributed by atoms with E-state index in [0.29, 0.717) is 6.04 Å². The van der Waals surface area contributed by atoms with Gasteiger partial charge in [-0.2, -0.15) is 0 Å². The molecule has 0 amide bonds. The smallest absolute Gasteiger partial charge is 0.134 e. The van der Waals surface area contributed by atoms with E-state index in [1.807, 2.05) is 6.07 Å². The van der Waals surface area contributed by atoms with E-state index in [4.69, 9.17) is 0 Å². The van der Waals surface area contributed by atoms with E-state index in [1.54, 1.807) is 6.33 Å². The molecule has 1 saturated heterocycles. The van der Waals surface area contributed by atoms with E-state index in [-0.39, 0.29) is 0 Å². The molecule has 1 aliphatic rings. The van der Waals surface area contributed by atoms with Crippen molar-refractivity contribution in [3.8, 4) is 0 Å². The summed E-state index contributed by atoms with van der Waals surface area (Å²) in [5.41, 5.74) is 0. The third-order valence-corrected chi connectivity index (χ3v) is 3.83. The standard InChI is InChI=1S/C14H25N5/c1-4-15-13-9-14(17-11-16-13)19-8-7-12(10-19)18(5-2)6-3/h9,11-12H,4-8,10H2,1-3H3,(H,15,16,17). The molecule has 5 heteroatoms. The van der Waals surface area contributed by atoms with Crippen molar-refractivity contribution in [1.29, 1.82) is 0 Å². The third kappa shape index (κ3) is 3.35. The van der Waals surface area contributed by atoms with Gasteiger partial charge in [-0.05, 0) is 26.4 Å². The second kappa shape index (κ2) is 6.70. The van der Waals surface area contributed by atoms with Crippen LogP contribution in [0.2, 0.25) is 0 Å². The summed E-state index contributed by atoms with van der Waals surface area (Å²) in [7, 11) is 0. The van der Waals surface area contributed by atoms with Crippen LogP contribution in [0.3, 0.4) is 0 Å². The Hall–Kier alpha value is -1.36. The largest absolute Gasteiger partial charge is 0.370 e. The first-order valence-electron chi connectivity index (χ1n) is 7.33. The van der Waals surface area contributed by atoms with Gasteiger partial charge in [0.05, 0.1) is 0 Å². The lowest BCUT2D eigenvalue weighted by Gasteiger charge is -2.26. The van der Waals surface area contributed by atoms with Gasteiger partial charge in [0.25, 0.3) is 0 Å². The lowest BCUT2D eigenvalue weighted by Crippen LogP contribution is -2.37. The fraction of sp³-hybridized carbons (Fsp3) is 0.714. The summed E-state index contributed by atoms with van der Waals surface area (Å²) in [6.07, 6.45) is 2.88. The number of hydrogen-bond acceptors (Lipinski definition) is 5. The number of nitrogens with one attached hydrogen (secondary N) is 1. The minimum absolute atomic E-state index is 0.660. The highest BCUT2D eigenvalue weighted by Gasteiger charge is 2.26. The fourth-order valence-corrected chi connectivity index (χ4v) is 2.79. The van der Waals surface area contributed by atoms with Crippen molar-refractivity contribution < 1.29 is 0 Å². The maximum absolute atomic E-state index is 4.41. The van der Waals surface area contributed by atoms with Gasteiger partial charge >= 0.3 is 0 Å². The quantitative estimate of drug-likeness (QED) is 0.848. The average Bonchev–Trinajstić information content (AvgIpc) is 2.91. The van der Waals surface area contributed by atoms with Crippen LogP contribution in [0, 0.1) is 0 Å². The monoisotopic (exact) mass is 263 g/mol. The molecule has 1 aliphatic heterocycles. The van der Waals surface area contributed by atoms with Crippen LogP contribution in [0.1, 0.15) is 27.2 Å². The predicted octanol–water partition coefficient (Wildman–Crippen LogP) is 1.83. The zero-order valence-corrected chi connectivity index (χ0v) is 12.3. The number of likely N-dealkylation sites (N-methyl/N-ethyl adjacent to an activating group) is 1. The SMILES string of the molecule is CCNc1cc(N2CCC(N(CC)CC)C2)ncn1. The van der Waals surface area contributed by atoms with Gasteiger partial charge in [-0.25, -0.2) is 9.97 Å². The number of rotatable bonds is 6. The highest BCUT2D eigenvalue weighted by molar-refractivity contribution is 5.49. The normalized spacial score (nSPS) is 19.2. The Kier molecular flexibility index (Phi) is 4.96. The summed E-state index contributed by atoms with van der Waals surface area (Å²) < 4.78 is 0. The molecule has 1 aromatic heterocycles. The van der Waals surface area contributed by atoms with Gasteiger partial charge in [0.15, 0.2) is 0 Å². The zero-order chi connectivity index (χ0) is 13.7. The van der Waals surface area contributed by atoms with Crippen molar-refractivity contribution >= 4 is 11.6 Å². The molecule has 0 aromatic carbocycles. The lowest BCUT2D eigenvalue weighted by atomic mass is 10.2. The minimum Gasteiger partial charge on any atom is -0.370 e. The van der Waals surface area contributed by atoms with Gasteiger partial charge in [-0.1, -0.05) is 13.8 Å². The summed E-state index contributed by atoms with van der Waals surface area (Å²) in [5, 5.41) is 3.24. The summed E-state index contributed by atoms with van der Waals surface area (Å²) >= 11 is 0. The number of aromatic nitrogens is 2. The Labute approximate surface area is 116 Å². The van der Waals surface area contributed by atoms with E-state index in [2.05, 4.69) is 45.9 Å². The molecule has 0 bridgehead atoms. The molecule has 1 aromatic rings. The number of nitrogens with zero attached hydrogens (tertiary/aromatic N) is 4. The highest BCUT2D eigenvalue weighted by Crippen LogP contribution is 2.22. The maximum atomic E-state index is 4.41. The first kappa shape index (κ1) is 14.1. The summed E-state index contributed by atoms with van der Waals surface area (Å²) in [4.78, 5) is 13.5. The summed E-state index contributed by atoms with van der Waals surface area (Å²) in [6.45, 7) is 11.9. The highest BCUT2D eigenvalue weighted by atomic mass is 15.3. The molecule has 0 radical (unpaired) electrons. The van der Waals surface area contributed by atoms with Gasteiger partial charge in [0, 0.05) is 31.7 Å². The van der Waals surface area contributed by atoms with Gasteiger partial charge in [0.2, 0.25) is 0 Å². The molecule has 0 saturated carbocycles.